The van der Waals surface area contributed by atoms with Gasteiger partial charge >= 0.3 is 0 Å². The Morgan fingerprint density at radius 3 is 1.89 bits per heavy atom. The van der Waals surface area contributed by atoms with Gasteiger partial charge in [-0.05, 0) is 55.9 Å². The first-order valence-electron chi connectivity index (χ1n) is 7.59. The highest BCUT2D eigenvalue weighted by Gasteiger charge is 2.49. The highest BCUT2D eigenvalue weighted by atomic mass is 15.2. The van der Waals surface area contributed by atoms with E-state index in [9.17, 15) is 0 Å². The van der Waals surface area contributed by atoms with Crippen LogP contribution in [-0.4, -0.2) is 30.6 Å². The third-order valence-corrected chi connectivity index (χ3v) is 4.99. The number of hydrogen-bond donors (Lipinski definition) is 1. The van der Waals surface area contributed by atoms with Gasteiger partial charge in [0, 0.05) is 18.6 Å². The summed E-state index contributed by atoms with van der Waals surface area (Å²) >= 11 is 0. The summed E-state index contributed by atoms with van der Waals surface area (Å²) in [6, 6.07) is 0. The molecule has 18 heavy (non-hydrogen) atoms. The van der Waals surface area contributed by atoms with Crippen LogP contribution >= 0.6 is 0 Å². The molecule has 2 saturated carbocycles. The molecule has 0 aromatic heterocycles. The highest BCUT2D eigenvalue weighted by Crippen LogP contribution is 2.52. The molecule has 2 nitrogen and oxygen atoms in total. The van der Waals surface area contributed by atoms with Crippen LogP contribution in [0.5, 0.6) is 0 Å². The highest BCUT2D eigenvalue weighted by molar-refractivity contribution is 5.04. The average molecular weight is 252 g/mol. The third-order valence-electron chi connectivity index (χ3n) is 4.99. The van der Waals surface area contributed by atoms with Crippen LogP contribution in [0.15, 0.2) is 0 Å². The molecule has 2 heteroatoms. The van der Waals surface area contributed by atoms with E-state index in [-0.39, 0.29) is 5.54 Å². The molecule has 0 aliphatic heterocycles. The van der Waals surface area contributed by atoms with E-state index in [1.807, 2.05) is 0 Å². The Labute approximate surface area is 113 Å². The molecular formula is C16H32N2. The van der Waals surface area contributed by atoms with Gasteiger partial charge in [-0.15, -0.1) is 0 Å². The maximum atomic E-state index is 6.24. The second-order valence-electron chi connectivity index (χ2n) is 8.61. The summed E-state index contributed by atoms with van der Waals surface area (Å²) in [5, 5.41) is 0. The smallest absolute Gasteiger partial charge is 0.0338 e. The van der Waals surface area contributed by atoms with Crippen LogP contribution in [0.1, 0.15) is 59.8 Å². The lowest BCUT2D eigenvalue weighted by molar-refractivity contribution is -0.0337. The quantitative estimate of drug-likeness (QED) is 0.832. The Morgan fingerprint density at radius 1 is 1.00 bits per heavy atom. The fraction of sp³-hybridized carbons (Fsp3) is 1.00. The van der Waals surface area contributed by atoms with Gasteiger partial charge in [-0.2, -0.15) is 0 Å². The van der Waals surface area contributed by atoms with E-state index in [1.54, 1.807) is 0 Å². The number of nitrogens with zero attached hydrogens (tertiary/aromatic N) is 1. The third kappa shape index (κ3) is 3.08. The Bertz CT molecular complexity index is 286. The second kappa shape index (κ2) is 4.49. The average Bonchev–Trinajstić information content (AvgIpc) is 2.96. The minimum atomic E-state index is 0.230. The molecule has 106 valence electrons. The molecular weight excluding hydrogens is 220 g/mol. The van der Waals surface area contributed by atoms with Crippen molar-refractivity contribution < 1.29 is 0 Å². The predicted molar refractivity (Wildman–Crippen MR) is 78.6 cm³/mol. The molecule has 0 bridgehead atoms. The number of hydrogen-bond acceptors (Lipinski definition) is 2. The number of rotatable bonds is 4. The SMILES string of the molecule is CN(CC1CC1)C1(CN)CC(C)(C)CC(C)(C)C1. The monoisotopic (exact) mass is 252 g/mol. The van der Waals surface area contributed by atoms with Crippen molar-refractivity contribution in [2.24, 2.45) is 22.5 Å². The molecule has 0 aromatic carbocycles. The first kappa shape index (κ1) is 14.3. The first-order valence-corrected chi connectivity index (χ1v) is 7.59. The van der Waals surface area contributed by atoms with E-state index >= 15 is 0 Å². The summed E-state index contributed by atoms with van der Waals surface area (Å²) in [5.74, 6) is 0.951. The van der Waals surface area contributed by atoms with E-state index in [0.717, 1.165) is 12.5 Å². The van der Waals surface area contributed by atoms with Gasteiger partial charge in [-0.25, -0.2) is 0 Å². The predicted octanol–water partition coefficient (Wildman–Crippen LogP) is 3.26. The van der Waals surface area contributed by atoms with Gasteiger partial charge in [0.2, 0.25) is 0 Å². The molecule has 0 unspecified atom stereocenters. The Hall–Kier alpha value is -0.0800. The van der Waals surface area contributed by atoms with Gasteiger partial charge in [0.05, 0.1) is 0 Å². The molecule has 0 saturated heterocycles. The number of nitrogens with two attached hydrogens (primary N) is 1. The normalized spacial score (nSPS) is 29.5. The molecule has 2 rings (SSSR count). The van der Waals surface area contributed by atoms with Crippen LogP contribution in [0.3, 0.4) is 0 Å². The largest absolute Gasteiger partial charge is 0.329 e. The van der Waals surface area contributed by atoms with Crippen molar-refractivity contribution in [3.05, 3.63) is 0 Å². The molecule has 2 aliphatic rings. The Morgan fingerprint density at radius 2 is 1.50 bits per heavy atom. The maximum Gasteiger partial charge on any atom is 0.0338 e. The zero-order valence-electron chi connectivity index (χ0n) is 13.1. The summed E-state index contributed by atoms with van der Waals surface area (Å²) in [6.07, 6.45) is 6.68. The van der Waals surface area contributed by atoms with E-state index < -0.39 is 0 Å². The zero-order valence-corrected chi connectivity index (χ0v) is 13.1. The van der Waals surface area contributed by atoms with E-state index in [0.29, 0.717) is 10.8 Å². The van der Waals surface area contributed by atoms with E-state index in [2.05, 4.69) is 39.6 Å². The van der Waals surface area contributed by atoms with Crippen molar-refractivity contribution in [3.63, 3.8) is 0 Å². The summed E-state index contributed by atoms with van der Waals surface area (Å²) in [5.41, 5.74) is 7.30. The van der Waals surface area contributed by atoms with Crippen LogP contribution in [0.25, 0.3) is 0 Å². The summed E-state index contributed by atoms with van der Waals surface area (Å²) in [4.78, 5) is 2.60. The standard InChI is InChI=1S/C16H32N2/c1-14(2)9-15(3,4)11-16(10-14,12-17)18(5)8-13-6-7-13/h13H,6-12,17H2,1-5H3. The lowest BCUT2D eigenvalue weighted by Crippen LogP contribution is -2.60. The van der Waals surface area contributed by atoms with Crippen molar-refractivity contribution in [2.75, 3.05) is 20.1 Å². The molecule has 0 radical (unpaired) electrons. The lowest BCUT2D eigenvalue weighted by Gasteiger charge is -2.55. The van der Waals surface area contributed by atoms with Crippen molar-refractivity contribution in [1.82, 2.24) is 4.90 Å². The second-order valence-corrected chi connectivity index (χ2v) is 8.61. The Kier molecular flexibility index (Phi) is 3.57. The van der Waals surface area contributed by atoms with Crippen LogP contribution in [-0.2, 0) is 0 Å². The minimum Gasteiger partial charge on any atom is -0.329 e. The van der Waals surface area contributed by atoms with E-state index in [4.69, 9.17) is 5.73 Å². The van der Waals surface area contributed by atoms with Crippen molar-refractivity contribution in [3.8, 4) is 0 Å². The molecule has 0 aromatic rings. The minimum absolute atomic E-state index is 0.230. The van der Waals surface area contributed by atoms with Gasteiger partial charge < -0.3 is 5.73 Å². The van der Waals surface area contributed by atoms with Crippen molar-refractivity contribution >= 4 is 0 Å². The summed E-state index contributed by atoms with van der Waals surface area (Å²) in [7, 11) is 2.31. The lowest BCUT2D eigenvalue weighted by atomic mass is 9.58. The van der Waals surface area contributed by atoms with Crippen molar-refractivity contribution in [1.29, 1.82) is 0 Å². The molecule has 0 heterocycles. The molecule has 0 atom stereocenters. The summed E-state index contributed by atoms with van der Waals surface area (Å²) < 4.78 is 0. The van der Waals surface area contributed by atoms with Crippen LogP contribution in [0.4, 0.5) is 0 Å². The first-order chi connectivity index (χ1) is 8.18. The zero-order chi connectivity index (χ0) is 13.6. The van der Waals surface area contributed by atoms with Gasteiger partial charge in [0.15, 0.2) is 0 Å². The van der Waals surface area contributed by atoms with E-state index in [1.165, 1.54) is 38.6 Å². The molecule has 2 fully saturated rings. The molecule has 2 aliphatic carbocycles. The summed E-state index contributed by atoms with van der Waals surface area (Å²) in [6.45, 7) is 11.7. The molecule has 2 N–H and O–H groups in total. The van der Waals surface area contributed by atoms with Gasteiger partial charge in [-0.1, -0.05) is 27.7 Å². The van der Waals surface area contributed by atoms with Gasteiger partial charge in [-0.3, -0.25) is 4.90 Å². The van der Waals surface area contributed by atoms with Crippen molar-refractivity contribution in [2.45, 2.75) is 65.3 Å². The molecule has 0 amide bonds. The maximum absolute atomic E-state index is 6.24. The Balaban J connectivity index is 2.17. The fourth-order valence-electron chi connectivity index (χ4n) is 4.72. The van der Waals surface area contributed by atoms with Crippen LogP contribution in [0, 0.1) is 16.7 Å². The molecule has 0 spiro atoms. The topological polar surface area (TPSA) is 29.3 Å². The van der Waals surface area contributed by atoms with Crippen LogP contribution in [0.2, 0.25) is 0 Å². The van der Waals surface area contributed by atoms with Gasteiger partial charge in [0.25, 0.3) is 0 Å². The fourth-order valence-corrected chi connectivity index (χ4v) is 4.72. The number of likely N-dealkylation sites (N-methyl/N-ethyl adjacent to an activating group) is 1. The van der Waals surface area contributed by atoms with Crippen LogP contribution < -0.4 is 5.73 Å². The van der Waals surface area contributed by atoms with Gasteiger partial charge in [0.1, 0.15) is 0 Å².